The summed E-state index contributed by atoms with van der Waals surface area (Å²) in [4.78, 5) is 37.7. The number of carbonyl (C=O) groups excluding carboxylic acids is 3. The molecule has 1 aliphatic heterocycles. The van der Waals surface area contributed by atoms with Gasteiger partial charge in [-0.15, -0.1) is 0 Å². The molecule has 0 aromatic heterocycles. The predicted molar refractivity (Wildman–Crippen MR) is 151 cm³/mol. The molecular weight excluding hydrogens is 590 g/mol. The average molecular weight is 627 g/mol. The quantitative estimate of drug-likeness (QED) is 0.275. The summed E-state index contributed by atoms with van der Waals surface area (Å²) in [6.07, 6.45) is -7.17. The third-order valence-corrected chi connectivity index (χ3v) is 8.33. The van der Waals surface area contributed by atoms with E-state index in [4.69, 9.17) is 5.73 Å². The van der Waals surface area contributed by atoms with Crippen molar-refractivity contribution in [3.05, 3.63) is 59.7 Å². The number of ketones is 1. The van der Waals surface area contributed by atoms with Crippen molar-refractivity contribution in [1.82, 2.24) is 16.0 Å². The maximum atomic E-state index is 14.7. The third kappa shape index (κ3) is 7.43. The lowest BCUT2D eigenvalue weighted by molar-refractivity contribution is -0.173. The van der Waals surface area contributed by atoms with E-state index in [1.807, 2.05) is 0 Å². The Morgan fingerprint density at radius 2 is 1.55 bits per heavy atom. The summed E-state index contributed by atoms with van der Waals surface area (Å²) < 4.78 is 83.4. The second kappa shape index (κ2) is 12.5. The fourth-order valence-electron chi connectivity index (χ4n) is 5.64. The maximum Gasteiger partial charge on any atom is 0.410 e. The van der Waals surface area contributed by atoms with Crippen LogP contribution in [-0.2, 0) is 19.8 Å². The maximum absolute atomic E-state index is 14.7. The van der Waals surface area contributed by atoms with Gasteiger partial charge in [0.15, 0.2) is 11.8 Å². The molecule has 0 radical (unpaired) electrons. The second-order valence-electron chi connectivity index (χ2n) is 12.3. The number of amides is 2. The highest BCUT2D eigenvalue weighted by atomic mass is 19.4. The number of carbonyl (C=O) groups is 3. The third-order valence-electron chi connectivity index (χ3n) is 8.33. The van der Waals surface area contributed by atoms with E-state index in [9.17, 15) is 40.7 Å². The molecule has 2 aromatic carbocycles. The van der Waals surface area contributed by atoms with Crippen molar-refractivity contribution < 1.29 is 40.7 Å². The number of rotatable bonds is 11. The fraction of sp³-hybridized carbons (Fsp3) is 0.516. The van der Waals surface area contributed by atoms with Gasteiger partial charge in [-0.25, -0.2) is 13.2 Å². The molecule has 7 nitrogen and oxygen atoms in total. The molecule has 0 bridgehead atoms. The van der Waals surface area contributed by atoms with Gasteiger partial charge in [0.1, 0.15) is 5.67 Å². The lowest BCUT2D eigenvalue weighted by atomic mass is 9.88. The first kappa shape index (κ1) is 33.4. The number of hydrogen-bond donors (Lipinski definition) is 4. The Morgan fingerprint density at radius 3 is 2.00 bits per heavy atom. The van der Waals surface area contributed by atoms with Gasteiger partial charge in [0, 0.05) is 13.0 Å². The molecule has 44 heavy (non-hydrogen) atoms. The van der Waals surface area contributed by atoms with E-state index < -0.39 is 71.9 Å². The fourth-order valence-corrected chi connectivity index (χ4v) is 5.64. The van der Waals surface area contributed by atoms with Crippen LogP contribution in [-0.4, -0.2) is 60.5 Å². The lowest BCUT2D eigenvalue weighted by Crippen LogP contribution is -2.65. The van der Waals surface area contributed by atoms with E-state index in [0.717, 1.165) is 25.0 Å². The zero-order chi connectivity index (χ0) is 32.6. The van der Waals surface area contributed by atoms with Gasteiger partial charge in [0.05, 0.1) is 23.5 Å². The lowest BCUT2D eigenvalue weighted by Gasteiger charge is -2.36. The zero-order valence-corrected chi connectivity index (χ0v) is 24.5. The number of Topliss-reactive ketones (excluding diaryl/α,β-unsaturated/α-hetero) is 1. The smallest absolute Gasteiger partial charge is 0.369 e. The van der Waals surface area contributed by atoms with Gasteiger partial charge in [-0.2, -0.15) is 13.2 Å². The molecule has 2 aliphatic rings. The van der Waals surface area contributed by atoms with Gasteiger partial charge >= 0.3 is 6.18 Å². The standard InChI is InChI=1S/C31H36F6N4O3/c1-16-15-39-25(31(35,36)37)24(42)22(16)41-27(43)21(14-29(2,3)34)40-23(26(32)33)19-6-4-17(5-7-19)18-8-10-20(11-9-18)30(12-13-30)28(38)44/h4-11,16,21-23,25-26,39-40H,12-15H2,1-3H3,(H2,38,44)(H,41,43)/t16?,21-,22-,23-,25?/m0/s1. The van der Waals surface area contributed by atoms with Gasteiger partial charge in [0.25, 0.3) is 6.43 Å². The van der Waals surface area contributed by atoms with E-state index in [0.29, 0.717) is 18.4 Å². The van der Waals surface area contributed by atoms with Gasteiger partial charge in [-0.05, 0) is 54.9 Å². The first-order valence-electron chi connectivity index (χ1n) is 14.3. The average Bonchev–Trinajstić information content (AvgIpc) is 3.74. The van der Waals surface area contributed by atoms with Crippen molar-refractivity contribution in [3.63, 3.8) is 0 Å². The van der Waals surface area contributed by atoms with Crippen molar-refractivity contribution in [2.24, 2.45) is 11.7 Å². The van der Waals surface area contributed by atoms with Crippen LogP contribution in [0.2, 0.25) is 0 Å². The molecule has 5 atom stereocenters. The molecule has 5 N–H and O–H groups in total. The second-order valence-corrected chi connectivity index (χ2v) is 12.3. The van der Waals surface area contributed by atoms with Crippen molar-refractivity contribution in [2.45, 2.75) is 87.9 Å². The molecule has 1 heterocycles. The molecule has 0 spiro atoms. The first-order chi connectivity index (χ1) is 20.4. The van der Waals surface area contributed by atoms with Gasteiger partial charge in [-0.3, -0.25) is 25.0 Å². The Kier molecular flexibility index (Phi) is 9.51. The topological polar surface area (TPSA) is 113 Å². The number of alkyl halides is 6. The molecular formula is C31H36F6N4O3. The molecule has 240 valence electrons. The van der Waals surface area contributed by atoms with Crippen LogP contribution in [0.25, 0.3) is 11.1 Å². The van der Waals surface area contributed by atoms with E-state index in [1.165, 1.54) is 19.1 Å². The number of primary amides is 1. The molecule has 1 saturated carbocycles. The summed E-state index contributed by atoms with van der Waals surface area (Å²) in [5, 5.41) is 6.87. The summed E-state index contributed by atoms with van der Waals surface area (Å²) >= 11 is 0. The van der Waals surface area contributed by atoms with Crippen LogP contribution in [0.1, 0.15) is 57.2 Å². The summed E-state index contributed by atoms with van der Waals surface area (Å²) in [5.41, 5.74) is 5.22. The number of hydrogen-bond acceptors (Lipinski definition) is 5. The Morgan fingerprint density at radius 1 is 1.00 bits per heavy atom. The number of benzene rings is 2. The summed E-state index contributed by atoms with van der Waals surface area (Å²) in [6, 6.07) is 5.89. The normalized spacial score (nSPS) is 23.2. The highest BCUT2D eigenvalue weighted by Gasteiger charge is 2.51. The molecule has 13 heteroatoms. The highest BCUT2D eigenvalue weighted by molar-refractivity contribution is 5.95. The molecule has 2 aromatic rings. The Labute approximate surface area is 251 Å². The van der Waals surface area contributed by atoms with Crippen LogP contribution in [0.15, 0.2) is 48.5 Å². The summed E-state index contributed by atoms with van der Waals surface area (Å²) in [6.45, 7) is 3.51. The van der Waals surface area contributed by atoms with Crippen molar-refractivity contribution in [3.8, 4) is 11.1 Å². The minimum absolute atomic E-state index is 0.0870. The van der Waals surface area contributed by atoms with Crippen molar-refractivity contribution in [2.75, 3.05) is 6.54 Å². The van der Waals surface area contributed by atoms with E-state index in [1.54, 1.807) is 36.4 Å². The number of nitrogens with one attached hydrogen (secondary N) is 3. The Balaban J connectivity index is 1.52. The minimum atomic E-state index is -4.89. The SMILES string of the molecule is CC1CNC(C(F)(F)F)C(=O)[C@H]1NC(=O)[C@H](CC(C)(C)F)N[C@@H](c1ccc(-c2ccc(C3(C(N)=O)CC3)cc2)cc1)C(F)F. The Hall–Kier alpha value is -3.45. The molecule has 2 fully saturated rings. The number of piperidine rings is 1. The predicted octanol–water partition coefficient (Wildman–Crippen LogP) is 4.50. The monoisotopic (exact) mass is 626 g/mol. The van der Waals surface area contributed by atoms with Gasteiger partial charge in [0.2, 0.25) is 11.8 Å². The largest absolute Gasteiger partial charge is 0.410 e. The van der Waals surface area contributed by atoms with Crippen LogP contribution >= 0.6 is 0 Å². The Bertz CT molecular complexity index is 1350. The summed E-state index contributed by atoms with van der Waals surface area (Å²) in [5.74, 6) is -3.48. The van der Waals surface area contributed by atoms with Crippen LogP contribution in [0.4, 0.5) is 26.3 Å². The molecule has 2 unspecified atom stereocenters. The zero-order valence-electron chi connectivity index (χ0n) is 24.5. The summed E-state index contributed by atoms with van der Waals surface area (Å²) in [7, 11) is 0. The van der Waals surface area contributed by atoms with Crippen molar-refractivity contribution in [1.29, 1.82) is 0 Å². The van der Waals surface area contributed by atoms with Gasteiger partial charge < -0.3 is 11.1 Å². The van der Waals surface area contributed by atoms with Crippen molar-refractivity contribution >= 4 is 17.6 Å². The molecule has 1 saturated heterocycles. The molecule has 2 amide bonds. The minimum Gasteiger partial charge on any atom is -0.369 e. The van der Waals surface area contributed by atoms with E-state index >= 15 is 0 Å². The number of halogens is 6. The highest BCUT2D eigenvalue weighted by Crippen LogP contribution is 2.48. The van der Waals surface area contributed by atoms with Crippen LogP contribution in [0, 0.1) is 5.92 Å². The van der Waals surface area contributed by atoms with E-state index in [2.05, 4.69) is 16.0 Å². The van der Waals surface area contributed by atoms with Gasteiger partial charge in [-0.1, -0.05) is 55.5 Å². The molecule has 1 aliphatic carbocycles. The van der Waals surface area contributed by atoms with Crippen LogP contribution < -0.4 is 21.7 Å². The molecule has 4 rings (SSSR count). The van der Waals surface area contributed by atoms with Crippen LogP contribution in [0.5, 0.6) is 0 Å². The van der Waals surface area contributed by atoms with Crippen LogP contribution in [0.3, 0.4) is 0 Å². The first-order valence-corrected chi connectivity index (χ1v) is 14.3. The number of nitrogens with two attached hydrogens (primary N) is 1. The van der Waals surface area contributed by atoms with E-state index in [-0.39, 0.29) is 18.0 Å².